The maximum Gasteiger partial charge on any atom is 0.210 e. The van der Waals surface area contributed by atoms with Crippen molar-refractivity contribution in [3.8, 4) is 0 Å². The molecule has 1 N–H and O–H groups in total. The highest BCUT2D eigenvalue weighted by Crippen LogP contribution is 2.35. The third-order valence-corrected chi connectivity index (χ3v) is 3.83. The smallest absolute Gasteiger partial charge is 0.210 e. The van der Waals surface area contributed by atoms with Crippen LogP contribution in [-0.2, 0) is 0 Å². The lowest BCUT2D eigenvalue weighted by Crippen LogP contribution is -1.93. The Morgan fingerprint density at radius 2 is 2.06 bits per heavy atom. The van der Waals surface area contributed by atoms with Crippen molar-refractivity contribution in [3.63, 3.8) is 0 Å². The Bertz CT molecular complexity index is 511. The van der Waals surface area contributed by atoms with Gasteiger partial charge in [-0.15, -0.1) is 10.2 Å². The average molecular weight is 387 g/mol. The maximum atomic E-state index is 13.0. The van der Waals surface area contributed by atoms with Gasteiger partial charge >= 0.3 is 0 Å². The summed E-state index contributed by atoms with van der Waals surface area (Å²) in [6.07, 6.45) is 0. The highest BCUT2D eigenvalue weighted by molar-refractivity contribution is 9.11. The summed E-state index contributed by atoms with van der Waals surface area (Å²) in [6.45, 7) is 0. The van der Waals surface area contributed by atoms with Crippen LogP contribution in [0.5, 0.6) is 0 Å². The number of anilines is 2. The summed E-state index contributed by atoms with van der Waals surface area (Å²) in [7, 11) is 0. The van der Waals surface area contributed by atoms with Gasteiger partial charge in [0.05, 0.1) is 10.7 Å². The Hall–Kier alpha value is -0.240. The Morgan fingerprint density at radius 1 is 1.31 bits per heavy atom. The number of nitrogens with zero attached hydrogens (tertiary/aromatic N) is 2. The molecule has 0 radical (unpaired) electrons. The molecule has 2 aromatic rings. The summed E-state index contributed by atoms with van der Waals surface area (Å²) >= 11 is 13.6. The second kappa shape index (κ2) is 4.95. The Kier molecular flexibility index (Phi) is 3.78. The first kappa shape index (κ1) is 12.2. The number of nitrogens with one attached hydrogen (secondary N) is 1. The first-order valence-electron chi connectivity index (χ1n) is 3.97. The van der Waals surface area contributed by atoms with Crippen LogP contribution < -0.4 is 5.32 Å². The van der Waals surface area contributed by atoms with Crippen LogP contribution in [0.15, 0.2) is 20.5 Å². The maximum absolute atomic E-state index is 13.0. The minimum atomic E-state index is -0.402. The van der Waals surface area contributed by atoms with E-state index in [1.54, 1.807) is 0 Å². The van der Waals surface area contributed by atoms with Crippen LogP contribution in [-0.4, -0.2) is 10.2 Å². The number of rotatable bonds is 2. The summed E-state index contributed by atoms with van der Waals surface area (Å²) in [5, 5.41) is 11.4. The molecule has 0 amide bonds. The molecule has 0 saturated carbocycles. The molecule has 1 aromatic heterocycles. The molecule has 0 spiro atoms. The topological polar surface area (TPSA) is 37.8 Å². The number of hydrogen-bond donors (Lipinski definition) is 1. The number of aromatic nitrogens is 2. The van der Waals surface area contributed by atoms with E-state index in [-0.39, 0.29) is 5.02 Å². The van der Waals surface area contributed by atoms with Crippen molar-refractivity contribution in [3.05, 3.63) is 31.4 Å². The van der Waals surface area contributed by atoms with Gasteiger partial charge in [-0.3, -0.25) is 0 Å². The van der Waals surface area contributed by atoms with Crippen LogP contribution in [0.2, 0.25) is 5.02 Å². The summed E-state index contributed by atoms with van der Waals surface area (Å²) in [4.78, 5) is 0. The lowest BCUT2D eigenvalue weighted by Gasteiger charge is -2.07. The van der Waals surface area contributed by atoms with Crippen LogP contribution >= 0.6 is 54.8 Å². The van der Waals surface area contributed by atoms with Crippen molar-refractivity contribution >= 4 is 65.6 Å². The fourth-order valence-electron chi connectivity index (χ4n) is 1.02. The van der Waals surface area contributed by atoms with Gasteiger partial charge in [0.2, 0.25) is 5.13 Å². The zero-order chi connectivity index (χ0) is 11.7. The van der Waals surface area contributed by atoms with Gasteiger partial charge in [-0.2, -0.15) is 0 Å². The second-order valence-corrected chi connectivity index (χ2v) is 6.24. The van der Waals surface area contributed by atoms with Crippen LogP contribution in [0, 0.1) is 5.82 Å². The first-order chi connectivity index (χ1) is 7.56. The number of benzene rings is 1. The van der Waals surface area contributed by atoms with Crippen molar-refractivity contribution in [2.24, 2.45) is 0 Å². The van der Waals surface area contributed by atoms with Gasteiger partial charge in [-0.1, -0.05) is 22.9 Å². The third-order valence-electron chi connectivity index (χ3n) is 1.64. The van der Waals surface area contributed by atoms with Crippen LogP contribution in [0.25, 0.3) is 0 Å². The molecule has 84 valence electrons. The highest BCUT2D eigenvalue weighted by Gasteiger charge is 2.10. The Balaban J connectivity index is 2.34. The van der Waals surface area contributed by atoms with Crippen molar-refractivity contribution in [1.82, 2.24) is 10.2 Å². The molecular weight excluding hydrogens is 384 g/mol. The fraction of sp³-hybridized carbons (Fsp3) is 0. The summed E-state index contributed by atoms with van der Waals surface area (Å²) in [5.41, 5.74) is 0.562. The van der Waals surface area contributed by atoms with E-state index in [1.165, 1.54) is 23.5 Å². The molecule has 16 heavy (non-hydrogen) atoms. The lowest BCUT2D eigenvalue weighted by molar-refractivity contribution is 0.627. The largest absolute Gasteiger partial charge is 0.328 e. The molecule has 0 unspecified atom stereocenters. The van der Waals surface area contributed by atoms with Crippen molar-refractivity contribution in [2.45, 2.75) is 0 Å². The Morgan fingerprint density at radius 3 is 2.62 bits per heavy atom. The molecule has 0 aliphatic rings. The van der Waals surface area contributed by atoms with E-state index in [0.717, 1.165) is 0 Å². The van der Waals surface area contributed by atoms with E-state index in [4.69, 9.17) is 11.6 Å². The van der Waals surface area contributed by atoms with E-state index in [0.29, 0.717) is 19.2 Å². The molecule has 3 nitrogen and oxygen atoms in total. The molecule has 0 aliphatic carbocycles. The van der Waals surface area contributed by atoms with Gasteiger partial charge in [0.1, 0.15) is 5.82 Å². The van der Waals surface area contributed by atoms with Gasteiger partial charge in [-0.05, 0) is 44.0 Å². The van der Waals surface area contributed by atoms with E-state index in [2.05, 4.69) is 47.4 Å². The minimum absolute atomic E-state index is 0.276. The highest BCUT2D eigenvalue weighted by atomic mass is 79.9. The van der Waals surface area contributed by atoms with Crippen LogP contribution in [0.1, 0.15) is 0 Å². The van der Waals surface area contributed by atoms with E-state index < -0.39 is 5.82 Å². The lowest BCUT2D eigenvalue weighted by atomic mass is 10.3. The van der Waals surface area contributed by atoms with Gasteiger partial charge < -0.3 is 5.32 Å². The quantitative estimate of drug-likeness (QED) is 0.818. The van der Waals surface area contributed by atoms with Gasteiger partial charge in [0, 0.05) is 4.47 Å². The van der Waals surface area contributed by atoms with E-state index >= 15 is 0 Å². The second-order valence-electron chi connectivity index (χ2n) is 2.73. The van der Waals surface area contributed by atoms with E-state index in [1.807, 2.05) is 0 Å². The van der Waals surface area contributed by atoms with Gasteiger partial charge in [0.25, 0.3) is 0 Å². The zero-order valence-corrected chi connectivity index (χ0v) is 12.2. The molecule has 2 rings (SSSR count). The third kappa shape index (κ3) is 2.71. The molecule has 8 heteroatoms. The number of halogens is 4. The van der Waals surface area contributed by atoms with Gasteiger partial charge in [0.15, 0.2) is 3.92 Å². The molecule has 0 bridgehead atoms. The predicted molar refractivity (Wildman–Crippen MR) is 70.0 cm³/mol. The predicted octanol–water partition coefficient (Wildman–Crippen LogP) is 4.60. The average Bonchev–Trinajstić information content (AvgIpc) is 2.58. The Labute approximate surface area is 116 Å². The minimum Gasteiger partial charge on any atom is -0.328 e. The summed E-state index contributed by atoms with van der Waals surface area (Å²) < 4.78 is 14.2. The first-order valence-corrected chi connectivity index (χ1v) is 6.75. The molecule has 0 fully saturated rings. The van der Waals surface area contributed by atoms with Gasteiger partial charge in [-0.25, -0.2) is 4.39 Å². The van der Waals surface area contributed by atoms with Crippen molar-refractivity contribution in [1.29, 1.82) is 0 Å². The molecule has 0 saturated heterocycles. The van der Waals surface area contributed by atoms with Crippen molar-refractivity contribution in [2.75, 3.05) is 5.32 Å². The molecule has 0 aliphatic heterocycles. The summed E-state index contributed by atoms with van der Waals surface area (Å²) in [6, 6.07) is 2.55. The molecule has 1 heterocycles. The summed E-state index contributed by atoms with van der Waals surface area (Å²) in [5.74, 6) is -0.402. The van der Waals surface area contributed by atoms with Crippen LogP contribution in [0.3, 0.4) is 0 Å². The molecule has 0 atom stereocenters. The molecular formula is C8H3Br2ClFN3S. The van der Waals surface area contributed by atoms with Crippen LogP contribution in [0.4, 0.5) is 15.2 Å². The molecule has 1 aromatic carbocycles. The normalized spacial score (nSPS) is 10.5. The SMILES string of the molecule is Fc1cc(Cl)c(Nc2nnc(Br)s2)c(Br)c1. The van der Waals surface area contributed by atoms with E-state index in [9.17, 15) is 4.39 Å². The fourth-order valence-corrected chi connectivity index (χ4v) is 2.94. The van der Waals surface area contributed by atoms with Crippen molar-refractivity contribution < 1.29 is 4.39 Å². The zero-order valence-electron chi connectivity index (χ0n) is 7.47. The monoisotopic (exact) mass is 385 g/mol. The standard InChI is InChI=1S/C8H3Br2ClFN3S/c9-4-1-3(12)2-5(11)6(4)13-8-15-14-7(10)16-8/h1-2H,(H,13,15). The number of hydrogen-bond acceptors (Lipinski definition) is 4.